The zero-order valence-electron chi connectivity index (χ0n) is 25.7. The highest BCUT2D eigenvalue weighted by Crippen LogP contribution is 2.72. The lowest BCUT2D eigenvalue weighted by atomic mass is 9.95. The fraction of sp³-hybridized carbons (Fsp3) is 1.00. The number of fused-ring (bicyclic) bond motifs is 4. The summed E-state index contributed by atoms with van der Waals surface area (Å²) in [5, 5.41) is 0. The molecule has 3 saturated carbocycles. The maximum Gasteiger partial charge on any atom is 0.0679 e. The molecule has 3 aliphatic carbocycles. The van der Waals surface area contributed by atoms with E-state index >= 15 is 0 Å². The van der Waals surface area contributed by atoms with E-state index in [9.17, 15) is 0 Å². The SMILES string of the molecule is CC1CCCCC2OC3CCCCCCCCCCC3P3(=S)C4CCCCCCCCCC4OC(CCC1)C23. The van der Waals surface area contributed by atoms with Crippen LogP contribution < -0.4 is 0 Å². The number of ether oxygens (including phenoxy) is 2. The molecular formula is C35H63O2PS. The lowest BCUT2D eigenvalue weighted by Crippen LogP contribution is -2.59. The highest BCUT2D eigenvalue weighted by Gasteiger charge is 2.59. The van der Waals surface area contributed by atoms with Crippen molar-refractivity contribution in [2.45, 2.75) is 215 Å². The van der Waals surface area contributed by atoms with Gasteiger partial charge in [0.25, 0.3) is 0 Å². The van der Waals surface area contributed by atoms with Gasteiger partial charge in [-0.1, -0.05) is 147 Å². The van der Waals surface area contributed by atoms with Crippen LogP contribution in [0.15, 0.2) is 0 Å². The molecule has 9 unspecified atom stereocenters. The van der Waals surface area contributed by atoms with E-state index in [2.05, 4.69) is 6.92 Å². The molecule has 0 amide bonds. The molecule has 5 rings (SSSR count). The molecule has 2 heterocycles. The van der Waals surface area contributed by atoms with Crippen LogP contribution in [-0.4, -0.2) is 41.4 Å². The minimum Gasteiger partial charge on any atom is -0.374 e. The van der Waals surface area contributed by atoms with E-state index in [-0.39, 0.29) is 0 Å². The molecule has 5 aliphatic rings. The Balaban J connectivity index is 1.51. The van der Waals surface area contributed by atoms with Crippen LogP contribution in [0.3, 0.4) is 0 Å². The molecule has 0 aromatic rings. The first kappa shape index (κ1) is 31.0. The van der Waals surface area contributed by atoms with E-state index in [1.807, 2.05) is 0 Å². The lowest BCUT2D eigenvalue weighted by Gasteiger charge is -2.60. The summed E-state index contributed by atoms with van der Waals surface area (Å²) >= 11 is 7.43. The minimum absolute atomic E-state index is 0.375. The van der Waals surface area contributed by atoms with E-state index in [0.29, 0.717) is 41.4 Å². The Hall–Kier alpha value is 0.570. The van der Waals surface area contributed by atoms with Crippen LogP contribution in [0, 0.1) is 5.92 Å². The van der Waals surface area contributed by atoms with E-state index in [4.69, 9.17) is 21.3 Å². The van der Waals surface area contributed by atoms with Gasteiger partial charge in [-0.2, -0.15) is 0 Å². The summed E-state index contributed by atoms with van der Waals surface area (Å²) in [6, 6.07) is -1.69. The second-order valence-corrected chi connectivity index (χ2v) is 19.9. The van der Waals surface area contributed by atoms with Gasteiger partial charge in [-0.3, -0.25) is 0 Å². The van der Waals surface area contributed by atoms with Crippen molar-refractivity contribution in [3.63, 3.8) is 0 Å². The number of rotatable bonds is 0. The van der Waals surface area contributed by atoms with Crippen LogP contribution in [-0.2, 0) is 21.3 Å². The quantitative estimate of drug-likeness (QED) is 0.266. The fourth-order valence-corrected chi connectivity index (χ4v) is 17.3. The Labute approximate surface area is 247 Å². The molecule has 5 fully saturated rings. The van der Waals surface area contributed by atoms with Crippen LogP contribution >= 0.6 is 6.04 Å². The van der Waals surface area contributed by atoms with Crippen molar-refractivity contribution in [3.05, 3.63) is 0 Å². The van der Waals surface area contributed by atoms with Gasteiger partial charge in [-0.25, -0.2) is 0 Å². The standard InChI is InChI=1S/C35H63O2PS/c1-28-20-17-18-24-31-35-32(25-19-21-28)37-30-23-14-10-6-4-8-12-16-27-34(30)38(35,39)33-26-15-11-7-3-2-5-9-13-22-29(33)36-31/h28-35H,2-27H2,1H3. The van der Waals surface area contributed by atoms with Crippen molar-refractivity contribution in [1.29, 1.82) is 0 Å². The number of hydrogen-bond acceptors (Lipinski definition) is 3. The maximum absolute atomic E-state index is 7.43. The first-order valence-electron chi connectivity index (χ1n) is 18.1. The molecule has 226 valence electrons. The highest BCUT2D eigenvalue weighted by atomic mass is 32.4. The van der Waals surface area contributed by atoms with Crippen molar-refractivity contribution < 1.29 is 9.47 Å². The highest BCUT2D eigenvalue weighted by molar-refractivity contribution is 8.15. The van der Waals surface area contributed by atoms with Crippen molar-refractivity contribution >= 4 is 17.8 Å². The van der Waals surface area contributed by atoms with Crippen molar-refractivity contribution in [2.75, 3.05) is 0 Å². The van der Waals surface area contributed by atoms with E-state index < -0.39 is 6.04 Å². The van der Waals surface area contributed by atoms with Gasteiger partial charge < -0.3 is 9.47 Å². The maximum atomic E-state index is 7.43. The Morgan fingerprint density at radius 1 is 0.410 bits per heavy atom. The van der Waals surface area contributed by atoms with Crippen LogP contribution in [0.4, 0.5) is 0 Å². The Morgan fingerprint density at radius 2 is 0.744 bits per heavy atom. The van der Waals surface area contributed by atoms with Gasteiger partial charge in [0.05, 0.1) is 24.4 Å². The molecule has 0 aromatic carbocycles. The predicted molar refractivity (Wildman–Crippen MR) is 172 cm³/mol. The predicted octanol–water partition coefficient (Wildman–Crippen LogP) is 10.9. The Bertz CT molecular complexity index is 757. The molecular weight excluding hydrogens is 515 g/mol. The average Bonchev–Trinajstić information content (AvgIpc) is 2.99. The second kappa shape index (κ2) is 15.9. The smallest absolute Gasteiger partial charge is 0.0679 e. The third kappa shape index (κ3) is 7.95. The summed E-state index contributed by atoms with van der Waals surface area (Å²) < 4.78 is 14.8. The van der Waals surface area contributed by atoms with Gasteiger partial charge in [-0.15, -0.1) is 0 Å². The van der Waals surface area contributed by atoms with Crippen molar-refractivity contribution in [3.8, 4) is 0 Å². The fourth-order valence-electron chi connectivity index (χ4n) is 9.52. The van der Waals surface area contributed by atoms with Crippen LogP contribution in [0.25, 0.3) is 0 Å². The second-order valence-electron chi connectivity index (χ2n) is 14.6. The summed E-state index contributed by atoms with van der Waals surface area (Å²) in [7, 11) is 0. The molecule has 0 bridgehead atoms. The summed E-state index contributed by atoms with van der Waals surface area (Å²) in [6.45, 7) is 2.49. The largest absolute Gasteiger partial charge is 0.374 e. The average molecular weight is 579 g/mol. The van der Waals surface area contributed by atoms with Gasteiger partial charge in [0.2, 0.25) is 0 Å². The molecule has 2 saturated heterocycles. The summed E-state index contributed by atoms with van der Waals surface area (Å²) in [5.74, 6) is 0.859. The first-order chi connectivity index (χ1) is 19.2. The zero-order valence-corrected chi connectivity index (χ0v) is 27.4. The molecule has 0 spiro atoms. The summed E-state index contributed by atoms with van der Waals surface area (Å²) in [5.41, 5.74) is 1.88. The zero-order chi connectivity index (χ0) is 26.9. The molecule has 2 aliphatic heterocycles. The van der Waals surface area contributed by atoms with E-state index in [1.165, 1.54) is 167 Å². The molecule has 39 heavy (non-hydrogen) atoms. The minimum atomic E-state index is -1.69. The first-order valence-corrected chi connectivity index (χ1v) is 21.1. The third-order valence-electron chi connectivity index (χ3n) is 11.7. The Morgan fingerprint density at radius 3 is 1.26 bits per heavy atom. The topological polar surface area (TPSA) is 18.5 Å². The number of hydrogen-bond donors (Lipinski definition) is 0. The van der Waals surface area contributed by atoms with Crippen LogP contribution in [0.1, 0.15) is 174 Å². The van der Waals surface area contributed by atoms with E-state index in [0.717, 1.165) is 5.92 Å². The monoisotopic (exact) mass is 578 g/mol. The molecule has 4 heteroatoms. The van der Waals surface area contributed by atoms with Crippen LogP contribution in [0.5, 0.6) is 0 Å². The summed E-state index contributed by atoms with van der Waals surface area (Å²) in [6.07, 6.45) is 37.4. The Kier molecular flexibility index (Phi) is 12.6. The van der Waals surface area contributed by atoms with Crippen molar-refractivity contribution in [1.82, 2.24) is 0 Å². The van der Waals surface area contributed by atoms with E-state index in [1.54, 1.807) is 0 Å². The van der Waals surface area contributed by atoms with Gasteiger partial charge in [0.15, 0.2) is 0 Å². The summed E-state index contributed by atoms with van der Waals surface area (Å²) in [4.78, 5) is 0. The molecule has 9 atom stereocenters. The lowest BCUT2D eigenvalue weighted by molar-refractivity contribution is -0.0998. The third-order valence-corrected chi connectivity index (χ3v) is 18.9. The van der Waals surface area contributed by atoms with Gasteiger partial charge in [-0.05, 0) is 50.5 Å². The van der Waals surface area contributed by atoms with Gasteiger partial charge in [0.1, 0.15) is 0 Å². The molecule has 2 nitrogen and oxygen atoms in total. The molecule has 0 N–H and O–H groups in total. The molecule has 0 radical (unpaired) electrons. The van der Waals surface area contributed by atoms with Gasteiger partial charge >= 0.3 is 0 Å². The normalized spacial score (nSPS) is 44.4. The molecule has 0 aromatic heterocycles. The van der Waals surface area contributed by atoms with Crippen molar-refractivity contribution in [2.24, 2.45) is 5.92 Å². The van der Waals surface area contributed by atoms with Crippen LogP contribution in [0.2, 0.25) is 0 Å². The van der Waals surface area contributed by atoms with Gasteiger partial charge in [0, 0.05) is 17.0 Å².